The summed E-state index contributed by atoms with van der Waals surface area (Å²) in [5.41, 5.74) is 0.776. The van der Waals surface area contributed by atoms with Crippen molar-refractivity contribution >= 4 is 23.1 Å². The zero-order chi connectivity index (χ0) is 18.0. The van der Waals surface area contributed by atoms with Crippen molar-refractivity contribution in [2.45, 2.75) is 29.1 Å². The fraction of sp³-hybridized carbons (Fsp3) is 0.200. The lowest BCUT2D eigenvalue weighted by Crippen LogP contribution is -2.05. The van der Waals surface area contributed by atoms with Crippen molar-refractivity contribution in [3.05, 3.63) is 47.8 Å². The van der Waals surface area contributed by atoms with Gasteiger partial charge >= 0.3 is 6.18 Å². The number of rotatable bonds is 5. The number of allylic oxidation sites excluding steroid dienone is 1. The summed E-state index contributed by atoms with van der Waals surface area (Å²) in [4.78, 5) is 7.59. The van der Waals surface area contributed by atoms with E-state index in [1.807, 2.05) is 6.92 Å². The number of halogens is 3. The molecule has 3 aromatic heterocycles. The number of hydrogen-bond acceptors (Lipinski definition) is 6. The summed E-state index contributed by atoms with van der Waals surface area (Å²) >= 11 is 1.97. The van der Waals surface area contributed by atoms with Gasteiger partial charge in [0.2, 0.25) is 0 Å². The fourth-order valence-corrected chi connectivity index (χ4v) is 3.76. The number of thiazole rings is 1. The Morgan fingerprint density at radius 2 is 2.00 bits per heavy atom. The summed E-state index contributed by atoms with van der Waals surface area (Å²) in [6.45, 7) is 6.20. The molecule has 130 valence electrons. The van der Waals surface area contributed by atoms with Crippen molar-refractivity contribution in [3.63, 3.8) is 0 Å². The Labute approximate surface area is 149 Å². The molecule has 0 atom stereocenters. The number of nitrogens with zero attached hydrogens (tertiary/aromatic N) is 5. The van der Waals surface area contributed by atoms with E-state index in [1.54, 1.807) is 29.1 Å². The highest BCUT2D eigenvalue weighted by atomic mass is 32.2. The minimum atomic E-state index is -4.46. The summed E-state index contributed by atoms with van der Waals surface area (Å²) in [6.07, 6.45) is -1.18. The standard InChI is InChI=1S/C15H12F3N5S2/c1-9(2)7-23-12(10-3-5-19-6-4-10)21-22-13(23)25-14-20-11(8-24-14)15(16,17)18/h3-6,8H,1,7H2,2H3. The van der Waals surface area contributed by atoms with Gasteiger partial charge in [0, 0.05) is 29.9 Å². The van der Waals surface area contributed by atoms with Crippen LogP contribution in [0.4, 0.5) is 13.2 Å². The van der Waals surface area contributed by atoms with Crippen LogP contribution in [0.5, 0.6) is 0 Å². The lowest BCUT2D eigenvalue weighted by atomic mass is 10.2. The van der Waals surface area contributed by atoms with Crippen molar-refractivity contribution in [2.75, 3.05) is 0 Å². The quantitative estimate of drug-likeness (QED) is 0.606. The molecule has 0 N–H and O–H groups in total. The van der Waals surface area contributed by atoms with Crippen molar-refractivity contribution in [1.82, 2.24) is 24.7 Å². The first kappa shape index (κ1) is 17.6. The second-order valence-corrected chi connectivity index (χ2v) is 7.26. The Hall–Kier alpha value is -2.20. The van der Waals surface area contributed by atoms with Crippen LogP contribution >= 0.6 is 23.1 Å². The minimum absolute atomic E-state index is 0.254. The molecule has 0 saturated carbocycles. The van der Waals surface area contributed by atoms with E-state index in [0.717, 1.165) is 39.6 Å². The van der Waals surface area contributed by atoms with Gasteiger partial charge in [-0.3, -0.25) is 9.55 Å². The molecule has 0 aromatic carbocycles. The average molecular weight is 383 g/mol. The van der Waals surface area contributed by atoms with E-state index in [0.29, 0.717) is 17.5 Å². The van der Waals surface area contributed by atoms with Crippen LogP contribution in [0.25, 0.3) is 11.4 Å². The molecule has 0 radical (unpaired) electrons. The lowest BCUT2D eigenvalue weighted by Gasteiger charge is -2.09. The maximum Gasteiger partial charge on any atom is 0.434 e. The molecule has 5 nitrogen and oxygen atoms in total. The molecule has 10 heteroatoms. The van der Waals surface area contributed by atoms with Gasteiger partial charge in [0.1, 0.15) is 0 Å². The zero-order valence-corrected chi connectivity index (χ0v) is 14.6. The van der Waals surface area contributed by atoms with Crippen LogP contribution < -0.4 is 0 Å². The first-order valence-electron chi connectivity index (χ1n) is 7.03. The summed E-state index contributed by atoms with van der Waals surface area (Å²) in [7, 11) is 0. The third-order valence-corrected chi connectivity index (χ3v) is 4.96. The Kier molecular flexibility index (Phi) is 4.91. The molecule has 0 saturated heterocycles. The highest BCUT2D eigenvalue weighted by Gasteiger charge is 2.34. The van der Waals surface area contributed by atoms with E-state index in [4.69, 9.17) is 0 Å². The fourth-order valence-electron chi connectivity index (χ4n) is 2.00. The summed E-state index contributed by atoms with van der Waals surface area (Å²) < 4.78 is 40.2. The van der Waals surface area contributed by atoms with Crippen LogP contribution in [0.1, 0.15) is 12.6 Å². The molecule has 0 amide bonds. The number of aromatic nitrogens is 5. The van der Waals surface area contributed by atoms with Crippen molar-refractivity contribution in [3.8, 4) is 11.4 Å². The molecular formula is C15H12F3N5S2. The molecule has 3 heterocycles. The Bertz CT molecular complexity index is 886. The second kappa shape index (κ2) is 6.96. The predicted octanol–water partition coefficient (Wildman–Crippen LogP) is 4.54. The van der Waals surface area contributed by atoms with Crippen molar-refractivity contribution < 1.29 is 13.2 Å². The summed E-state index contributed by atoms with van der Waals surface area (Å²) in [5.74, 6) is 0.598. The number of alkyl halides is 3. The van der Waals surface area contributed by atoms with Gasteiger partial charge < -0.3 is 0 Å². The smallest absolute Gasteiger partial charge is 0.298 e. The molecule has 25 heavy (non-hydrogen) atoms. The SMILES string of the molecule is C=C(C)Cn1c(Sc2nc(C(F)(F)F)cs2)nnc1-c1ccncc1. The van der Waals surface area contributed by atoms with Crippen LogP contribution in [0, 0.1) is 0 Å². The first-order chi connectivity index (χ1) is 11.8. The number of hydrogen-bond donors (Lipinski definition) is 0. The highest BCUT2D eigenvalue weighted by molar-refractivity contribution is 8.00. The lowest BCUT2D eigenvalue weighted by molar-refractivity contribution is -0.141. The van der Waals surface area contributed by atoms with Crippen LogP contribution in [0.3, 0.4) is 0 Å². The molecule has 0 bridgehead atoms. The van der Waals surface area contributed by atoms with E-state index in [-0.39, 0.29) is 4.34 Å². The third-order valence-electron chi connectivity index (χ3n) is 3.04. The molecule has 3 aromatic rings. The summed E-state index contributed by atoms with van der Waals surface area (Å²) in [5, 5.41) is 9.73. The van der Waals surface area contributed by atoms with Crippen LogP contribution in [-0.4, -0.2) is 24.7 Å². The molecule has 0 fully saturated rings. The van der Waals surface area contributed by atoms with Crippen LogP contribution in [0.2, 0.25) is 0 Å². The van der Waals surface area contributed by atoms with Gasteiger partial charge in [-0.15, -0.1) is 21.5 Å². The third kappa shape index (κ3) is 4.07. The largest absolute Gasteiger partial charge is 0.434 e. The van der Waals surface area contributed by atoms with Crippen LogP contribution in [-0.2, 0) is 12.7 Å². The second-order valence-electron chi connectivity index (χ2n) is 5.18. The maximum atomic E-state index is 12.7. The topological polar surface area (TPSA) is 56.5 Å². The van der Waals surface area contributed by atoms with E-state index in [2.05, 4.69) is 26.7 Å². The molecule has 0 spiro atoms. The molecule has 3 rings (SSSR count). The predicted molar refractivity (Wildman–Crippen MR) is 89.3 cm³/mol. The van der Waals surface area contributed by atoms with E-state index < -0.39 is 11.9 Å². The van der Waals surface area contributed by atoms with E-state index >= 15 is 0 Å². The van der Waals surface area contributed by atoms with Gasteiger partial charge in [-0.05, 0) is 30.8 Å². The van der Waals surface area contributed by atoms with Gasteiger partial charge in [-0.25, -0.2) is 4.98 Å². The first-order valence-corrected chi connectivity index (χ1v) is 8.73. The minimum Gasteiger partial charge on any atom is -0.298 e. The molecular weight excluding hydrogens is 371 g/mol. The van der Waals surface area contributed by atoms with Crippen molar-refractivity contribution in [1.29, 1.82) is 0 Å². The Balaban J connectivity index is 1.95. The van der Waals surface area contributed by atoms with Gasteiger partial charge in [-0.1, -0.05) is 12.2 Å². The monoisotopic (exact) mass is 383 g/mol. The number of pyridine rings is 1. The van der Waals surface area contributed by atoms with Gasteiger partial charge in [-0.2, -0.15) is 13.2 Å². The molecule has 0 aliphatic heterocycles. The maximum absolute atomic E-state index is 12.7. The van der Waals surface area contributed by atoms with E-state index in [9.17, 15) is 13.2 Å². The van der Waals surface area contributed by atoms with Crippen LogP contribution in [0.15, 0.2) is 51.6 Å². The normalized spacial score (nSPS) is 11.7. The van der Waals surface area contributed by atoms with Crippen molar-refractivity contribution in [2.24, 2.45) is 0 Å². The molecule has 0 unspecified atom stereocenters. The average Bonchev–Trinajstić information content (AvgIpc) is 3.16. The summed E-state index contributed by atoms with van der Waals surface area (Å²) in [6, 6.07) is 3.58. The van der Waals surface area contributed by atoms with Gasteiger partial charge in [0.05, 0.1) is 0 Å². The van der Waals surface area contributed by atoms with E-state index in [1.165, 1.54) is 0 Å². The van der Waals surface area contributed by atoms with Gasteiger partial charge in [0.25, 0.3) is 0 Å². The Morgan fingerprint density at radius 3 is 2.60 bits per heavy atom. The molecule has 0 aliphatic carbocycles. The highest BCUT2D eigenvalue weighted by Crippen LogP contribution is 2.36. The zero-order valence-electron chi connectivity index (χ0n) is 13.0. The Morgan fingerprint density at radius 1 is 1.28 bits per heavy atom. The molecule has 0 aliphatic rings. The van der Waals surface area contributed by atoms with Gasteiger partial charge in [0.15, 0.2) is 21.0 Å².